The van der Waals surface area contributed by atoms with Gasteiger partial charge in [-0.05, 0) is 65.6 Å². The lowest BCUT2D eigenvalue weighted by Crippen LogP contribution is -2.08. The van der Waals surface area contributed by atoms with Gasteiger partial charge in [0.05, 0.1) is 12.9 Å². The fourth-order valence-electron chi connectivity index (χ4n) is 2.94. The standard InChI is InChI=1S/C26H24O5/c1-4-29-15-5-6-25(27)30-23-12-9-19(10-13-23)20-7-8-22-17-24(14-11-21(22)16-20)31-26(28)18(2)3/h4,7-14,16-17H,1-2,5-6,15H2,3H3. The molecule has 0 spiro atoms. The van der Waals surface area contributed by atoms with Crippen LogP contribution in [0.1, 0.15) is 19.8 Å². The predicted molar refractivity (Wildman–Crippen MR) is 121 cm³/mol. The van der Waals surface area contributed by atoms with E-state index >= 15 is 0 Å². The van der Waals surface area contributed by atoms with E-state index in [0.717, 1.165) is 21.9 Å². The van der Waals surface area contributed by atoms with Gasteiger partial charge in [0.2, 0.25) is 0 Å². The Labute approximate surface area is 181 Å². The van der Waals surface area contributed by atoms with Gasteiger partial charge in [0.1, 0.15) is 11.5 Å². The van der Waals surface area contributed by atoms with Crippen molar-refractivity contribution in [1.82, 2.24) is 0 Å². The van der Waals surface area contributed by atoms with Crippen molar-refractivity contribution in [2.75, 3.05) is 6.61 Å². The first-order chi connectivity index (χ1) is 15.0. The largest absolute Gasteiger partial charge is 0.502 e. The molecule has 0 aliphatic rings. The van der Waals surface area contributed by atoms with Crippen molar-refractivity contribution in [3.63, 3.8) is 0 Å². The Kier molecular flexibility index (Phi) is 7.22. The Morgan fingerprint density at radius 3 is 2.23 bits per heavy atom. The molecule has 3 aromatic carbocycles. The van der Waals surface area contributed by atoms with Gasteiger partial charge in [-0.15, -0.1) is 0 Å². The van der Waals surface area contributed by atoms with Gasteiger partial charge < -0.3 is 14.2 Å². The zero-order valence-electron chi connectivity index (χ0n) is 17.4. The van der Waals surface area contributed by atoms with Crippen LogP contribution < -0.4 is 9.47 Å². The molecule has 0 saturated carbocycles. The van der Waals surface area contributed by atoms with Crippen molar-refractivity contribution in [3.05, 3.63) is 85.7 Å². The molecule has 0 atom stereocenters. The number of carbonyl (C=O) groups excluding carboxylic acids is 2. The molecule has 5 nitrogen and oxygen atoms in total. The van der Waals surface area contributed by atoms with Crippen LogP contribution in [-0.4, -0.2) is 18.5 Å². The van der Waals surface area contributed by atoms with Crippen molar-refractivity contribution >= 4 is 22.7 Å². The Morgan fingerprint density at radius 1 is 0.871 bits per heavy atom. The molecule has 0 amide bonds. The van der Waals surface area contributed by atoms with Crippen LogP contribution in [0, 0.1) is 0 Å². The summed E-state index contributed by atoms with van der Waals surface area (Å²) in [5.74, 6) is 0.245. The lowest BCUT2D eigenvalue weighted by atomic mass is 10.0. The molecule has 3 aromatic rings. The second-order valence-corrected chi connectivity index (χ2v) is 7.03. The first-order valence-corrected chi connectivity index (χ1v) is 9.91. The molecule has 0 unspecified atom stereocenters. The molecule has 0 fully saturated rings. The first kappa shape index (κ1) is 21.8. The van der Waals surface area contributed by atoms with E-state index in [9.17, 15) is 9.59 Å². The van der Waals surface area contributed by atoms with Crippen molar-refractivity contribution in [2.24, 2.45) is 0 Å². The fraction of sp³-hybridized carbons (Fsp3) is 0.154. The second kappa shape index (κ2) is 10.3. The molecular weight excluding hydrogens is 392 g/mol. The Bertz CT molecular complexity index is 1110. The van der Waals surface area contributed by atoms with E-state index in [1.807, 2.05) is 36.4 Å². The number of benzene rings is 3. The number of fused-ring (bicyclic) bond motifs is 1. The van der Waals surface area contributed by atoms with Crippen LogP contribution in [0.25, 0.3) is 21.9 Å². The number of esters is 2. The van der Waals surface area contributed by atoms with Crippen LogP contribution in [0.5, 0.6) is 11.5 Å². The number of hydrogen-bond acceptors (Lipinski definition) is 5. The Hall–Kier alpha value is -3.86. The molecule has 0 aliphatic heterocycles. The van der Waals surface area contributed by atoms with Crippen LogP contribution in [0.3, 0.4) is 0 Å². The topological polar surface area (TPSA) is 61.8 Å². The highest BCUT2D eigenvalue weighted by Crippen LogP contribution is 2.28. The van der Waals surface area contributed by atoms with Crippen LogP contribution in [0.15, 0.2) is 85.7 Å². The zero-order valence-corrected chi connectivity index (χ0v) is 17.4. The number of rotatable bonds is 9. The minimum absolute atomic E-state index is 0.282. The molecule has 0 bridgehead atoms. The van der Waals surface area contributed by atoms with Crippen molar-refractivity contribution in [3.8, 4) is 22.6 Å². The average Bonchev–Trinajstić information content (AvgIpc) is 2.77. The third-order valence-corrected chi connectivity index (χ3v) is 4.55. The van der Waals surface area contributed by atoms with Crippen LogP contribution in [0.2, 0.25) is 0 Å². The summed E-state index contributed by atoms with van der Waals surface area (Å²) >= 11 is 0. The summed E-state index contributed by atoms with van der Waals surface area (Å²) in [6.45, 7) is 9.10. The second-order valence-electron chi connectivity index (χ2n) is 7.03. The maximum Gasteiger partial charge on any atom is 0.338 e. The first-order valence-electron chi connectivity index (χ1n) is 9.91. The maximum atomic E-state index is 11.9. The summed E-state index contributed by atoms with van der Waals surface area (Å²) in [7, 11) is 0. The maximum absolute atomic E-state index is 11.9. The molecule has 0 heterocycles. The smallest absolute Gasteiger partial charge is 0.338 e. The quantitative estimate of drug-likeness (QED) is 0.144. The fourth-order valence-corrected chi connectivity index (χ4v) is 2.94. The molecule has 0 N–H and O–H groups in total. The highest BCUT2D eigenvalue weighted by atomic mass is 16.5. The summed E-state index contributed by atoms with van der Waals surface area (Å²) in [6, 6.07) is 18.9. The summed E-state index contributed by atoms with van der Waals surface area (Å²) in [5.41, 5.74) is 2.38. The summed E-state index contributed by atoms with van der Waals surface area (Å²) in [5, 5.41) is 1.98. The summed E-state index contributed by atoms with van der Waals surface area (Å²) in [6.07, 6.45) is 2.21. The van der Waals surface area contributed by atoms with Gasteiger partial charge in [0, 0.05) is 12.0 Å². The van der Waals surface area contributed by atoms with Crippen LogP contribution in [-0.2, 0) is 14.3 Å². The lowest BCUT2D eigenvalue weighted by Gasteiger charge is -2.08. The van der Waals surface area contributed by atoms with Crippen molar-refractivity contribution in [2.45, 2.75) is 19.8 Å². The third kappa shape index (κ3) is 6.06. The minimum Gasteiger partial charge on any atom is -0.502 e. The summed E-state index contributed by atoms with van der Waals surface area (Å²) < 4.78 is 15.6. The van der Waals surface area contributed by atoms with E-state index in [-0.39, 0.29) is 12.4 Å². The Balaban J connectivity index is 1.67. The van der Waals surface area contributed by atoms with Gasteiger partial charge in [0.15, 0.2) is 0 Å². The van der Waals surface area contributed by atoms with E-state index in [1.165, 1.54) is 6.26 Å². The number of carbonyl (C=O) groups is 2. The highest BCUT2D eigenvalue weighted by Gasteiger charge is 2.08. The summed E-state index contributed by atoms with van der Waals surface area (Å²) in [4.78, 5) is 23.6. The Morgan fingerprint density at radius 2 is 1.52 bits per heavy atom. The predicted octanol–water partition coefficient (Wildman–Crippen LogP) is 5.83. The third-order valence-electron chi connectivity index (χ3n) is 4.55. The SMILES string of the molecule is C=COCCCC(=O)Oc1ccc(-c2ccc3cc(OC(=O)C(=C)C)ccc3c2)cc1. The van der Waals surface area contributed by atoms with E-state index in [2.05, 4.69) is 19.2 Å². The zero-order chi connectivity index (χ0) is 22.2. The van der Waals surface area contributed by atoms with Gasteiger partial charge in [0.25, 0.3) is 0 Å². The molecule has 0 aliphatic carbocycles. The van der Waals surface area contributed by atoms with Crippen molar-refractivity contribution < 1.29 is 23.8 Å². The van der Waals surface area contributed by atoms with E-state index in [0.29, 0.717) is 30.1 Å². The van der Waals surface area contributed by atoms with E-state index < -0.39 is 5.97 Å². The lowest BCUT2D eigenvalue weighted by molar-refractivity contribution is -0.134. The highest BCUT2D eigenvalue weighted by molar-refractivity contribution is 5.91. The van der Waals surface area contributed by atoms with Gasteiger partial charge in [-0.25, -0.2) is 4.79 Å². The average molecular weight is 416 g/mol. The van der Waals surface area contributed by atoms with Gasteiger partial charge >= 0.3 is 11.9 Å². The van der Waals surface area contributed by atoms with Crippen LogP contribution >= 0.6 is 0 Å². The van der Waals surface area contributed by atoms with Gasteiger partial charge in [-0.2, -0.15) is 0 Å². The van der Waals surface area contributed by atoms with Crippen LogP contribution in [0.4, 0.5) is 0 Å². The number of hydrogen-bond donors (Lipinski definition) is 0. The molecule has 5 heteroatoms. The molecule has 158 valence electrons. The number of ether oxygens (including phenoxy) is 3. The molecule has 3 rings (SSSR count). The van der Waals surface area contributed by atoms with E-state index in [1.54, 1.807) is 25.1 Å². The minimum atomic E-state index is -0.443. The molecule has 0 aromatic heterocycles. The van der Waals surface area contributed by atoms with Gasteiger partial charge in [-0.1, -0.05) is 43.5 Å². The molecule has 0 radical (unpaired) electrons. The normalized spacial score (nSPS) is 10.4. The molecular formula is C26H24O5. The van der Waals surface area contributed by atoms with Crippen molar-refractivity contribution in [1.29, 1.82) is 0 Å². The monoisotopic (exact) mass is 416 g/mol. The van der Waals surface area contributed by atoms with Gasteiger partial charge in [-0.3, -0.25) is 4.79 Å². The molecule has 31 heavy (non-hydrogen) atoms. The molecule has 0 saturated heterocycles. The van der Waals surface area contributed by atoms with E-state index in [4.69, 9.17) is 14.2 Å².